The van der Waals surface area contributed by atoms with Crippen molar-refractivity contribution in [3.63, 3.8) is 0 Å². The van der Waals surface area contributed by atoms with Gasteiger partial charge in [-0.15, -0.1) is 0 Å². The predicted molar refractivity (Wildman–Crippen MR) is 429 cm³/mol. The molecule has 0 radical (unpaired) electrons. The van der Waals surface area contributed by atoms with Gasteiger partial charge in [0.1, 0.15) is 34.5 Å². The summed E-state index contributed by atoms with van der Waals surface area (Å²) in [4.78, 5) is 83.2. The molecule has 0 aliphatic carbocycles. The van der Waals surface area contributed by atoms with E-state index in [1.807, 2.05) is 48.5 Å². The third-order valence-corrected chi connectivity index (χ3v) is 19.6. The molecular formula is C92H110O20. The molecule has 2 heterocycles. The molecule has 7 aromatic rings. The van der Waals surface area contributed by atoms with Crippen LogP contribution in [0.25, 0.3) is 12.2 Å². The minimum Gasteiger partial charge on any atom is -0.494 e. The predicted octanol–water partition coefficient (Wildman–Crippen LogP) is 20.0. The van der Waals surface area contributed by atoms with Gasteiger partial charge in [-0.3, -0.25) is 0 Å². The number of hydrogen-bond donors (Lipinski definition) is 0. The van der Waals surface area contributed by atoms with Crippen LogP contribution in [0, 0.1) is 10.8 Å². The normalized spacial score (nSPS) is 13.3. The number of benzene rings is 7. The highest BCUT2D eigenvalue weighted by molar-refractivity contribution is 5.96. The highest BCUT2D eigenvalue weighted by Crippen LogP contribution is 2.42. The van der Waals surface area contributed by atoms with Crippen molar-refractivity contribution in [1.29, 1.82) is 0 Å². The van der Waals surface area contributed by atoms with Gasteiger partial charge < -0.3 is 66.3 Å². The maximum absolute atomic E-state index is 14.3. The minimum absolute atomic E-state index is 0.0304. The molecule has 112 heavy (non-hydrogen) atoms. The fourth-order valence-electron chi connectivity index (χ4n) is 12.1. The van der Waals surface area contributed by atoms with Gasteiger partial charge in [0.25, 0.3) is 0 Å². The van der Waals surface area contributed by atoms with Crippen molar-refractivity contribution < 1.29 is 95.1 Å². The van der Waals surface area contributed by atoms with E-state index >= 15 is 0 Å². The molecule has 598 valence electrons. The second-order valence-electron chi connectivity index (χ2n) is 28.6. The summed E-state index contributed by atoms with van der Waals surface area (Å²) in [5.41, 5.74) is 1.89. The lowest BCUT2D eigenvalue weighted by Crippen LogP contribution is -2.45. The van der Waals surface area contributed by atoms with Crippen molar-refractivity contribution in [1.82, 2.24) is 0 Å². The number of rotatable bonds is 52. The number of unbranched alkanes of at least 4 members (excludes halogenated alkanes) is 16. The van der Waals surface area contributed by atoms with E-state index in [9.17, 15) is 28.8 Å². The fourth-order valence-corrected chi connectivity index (χ4v) is 12.1. The molecule has 2 fully saturated rings. The largest absolute Gasteiger partial charge is 0.494 e. The molecule has 0 unspecified atom stereocenters. The Kier molecular flexibility index (Phi) is 36.3. The number of hydrogen-bond acceptors (Lipinski definition) is 20. The van der Waals surface area contributed by atoms with Gasteiger partial charge >= 0.3 is 35.8 Å². The number of carbonyl (C=O) groups excluding carboxylic acids is 6. The molecule has 20 nitrogen and oxygen atoms in total. The van der Waals surface area contributed by atoms with Crippen molar-refractivity contribution in [2.45, 2.75) is 169 Å². The van der Waals surface area contributed by atoms with Crippen molar-refractivity contribution >= 4 is 48.0 Å². The maximum Gasteiger partial charge on any atom is 0.343 e. The maximum atomic E-state index is 14.3. The summed E-state index contributed by atoms with van der Waals surface area (Å²) in [5, 5.41) is 0. The monoisotopic (exact) mass is 1530 g/mol. The molecule has 0 N–H and O–H groups in total. The van der Waals surface area contributed by atoms with Gasteiger partial charge in [0.15, 0.2) is 23.0 Å². The van der Waals surface area contributed by atoms with Gasteiger partial charge in [0.2, 0.25) is 0 Å². The highest BCUT2D eigenvalue weighted by atomic mass is 16.6. The van der Waals surface area contributed by atoms with Gasteiger partial charge in [-0.1, -0.05) is 129 Å². The van der Waals surface area contributed by atoms with Crippen LogP contribution in [-0.4, -0.2) is 115 Å². The molecule has 0 atom stereocenters. The quantitative estimate of drug-likeness (QED) is 0.0149. The second kappa shape index (κ2) is 47.3. The summed E-state index contributed by atoms with van der Waals surface area (Å²) in [6.45, 7) is 16.7. The van der Waals surface area contributed by atoms with Crippen LogP contribution >= 0.6 is 0 Å². The molecule has 2 saturated heterocycles. The Morgan fingerprint density at radius 1 is 0.304 bits per heavy atom. The zero-order chi connectivity index (χ0) is 78.9. The average molecular weight is 1540 g/mol. The Labute approximate surface area is 659 Å². The molecule has 0 aromatic heterocycles. The average Bonchev–Trinajstić information content (AvgIpc) is 0.791. The van der Waals surface area contributed by atoms with Gasteiger partial charge in [-0.05, 0) is 209 Å². The van der Waals surface area contributed by atoms with Crippen LogP contribution in [0.4, 0.5) is 0 Å². The topological polar surface area (TPSA) is 232 Å². The van der Waals surface area contributed by atoms with Crippen LogP contribution in [0.2, 0.25) is 0 Å². The van der Waals surface area contributed by atoms with Crippen molar-refractivity contribution in [2.75, 3.05) is 79.3 Å². The van der Waals surface area contributed by atoms with Gasteiger partial charge in [0, 0.05) is 48.3 Å². The Bertz CT molecular complexity index is 3790. The van der Waals surface area contributed by atoms with E-state index in [2.05, 4.69) is 27.7 Å². The zero-order valence-corrected chi connectivity index (χ0v) is 65.5. The Balaban J connectivity index is 0.887. The lowest BCUT2D eigenvalue weighted by molar-refractivity contribution is -0.150. The number of carbonyl (C=O) groups is 6. The highest BCUT2D eigenvalue weighted by Gasteiger charge is 2.38. The van der Waals surface area contributed by atoms with E-state index < -0.39 is 58.8 Å². The van der Waals surface area contributed by atoms with Crippen molar-refractivity contribution in [2.24, 2.45) is 10.8 Å². The third-order valence-electron chi connectivity index (χ3n) is 19.6. The van der Waals surface area contributed by atoms with Crippen molar-refractivity contribution in [3.8, 4) is 57.5 Å². The van der Waals surface area contributed by atoms with Crippen LogP contribution in [0.15, 0.2) is 170 Å². The first-order chi connectivity index (χ1) is 54.7. The molecule has 0 saturated carbocycles. The van der Waals surface area contributed by atoms with E-state index in [1.165, 1.54) is 136 Å². The fraction of sp³-hybridized carbons (Fsp3) is 0.435. The molecule has 20 heteroatoms. The second-order valence-corrected chi connectivity index (χ2v) is 28.6. The van der Waals surface area contributed by atoms with E-state index in [0.717, 1.165) is 151 Å². The molecule has 2 aliphatic rings. The van der Waals surface area contributed by atoms with Crippen LogP contribution in [0.3, 0.4) is 0 Å². The van der Waals surface area contributed by atoms with Crippen molar-refractivity contribution in [3.05, 3.63) is 203 Å². The summed E-state index contributed by atoms with van der Waals surface area (Å²) in [5.74, 6) is -4.11. The SMILES string of the molecule is CCCCCCCCOc1ccc(/C=C/C(=O)Oc2ccc(C(=O)Oc3cc(OC(=O)c4ccc(OCCCCCCOCC5(CC)COC5)cc4)c(OC(=O)c4ccc(OC(=O)/C=C/c5ccc(OCCCCCCCC)cc5)cc4)cc3OC(=O)c3ccc(OCCCCCCOCC4(CC)COC4)cc3)cc2)cc1. The molecule has 9 rings (SSSR count). The zero-order valence-electron chi connectivity index (χ0n) is 65.5. The Hall–Kier alpha value is -10.1. The molecule has 0 spiro atoms. The van der Waals surface area contributed by atoms with E-state index in [0.29, 0.717) is 64.4 Å². The van der Waals surface area contributed by atoms with E-state index in [-0.39, 0.29) is 44.6 Å². The van der Waals surface area contributed by atoms with E-state index in [4.69, 9.17) is 66.3 Å². The number of esters is 6. The minimum atomic E-state index is -0.977. The molecule has 2 aliphatic heterocycles. The molecule has 0 amide bonds. The summed E-state index contributed by atoms with van der Waals surface area (Å²) < 4.78 is 81.8. The molecule has 0 bridgehead atoms. The Morgan fingerprint density at radius 3 is 0.812 bits per heavy atom. The smallest absolute Gasteiger partial charge is 0.343 e. The lowest BCUT2D eigenvalue weighted by Gasteiger charge is -2.40. The third kappa shape index (κ3) is 29.5. The van der Waals surface area contributed by atoms with Crippen LogP contribution < -0.4 is 47.4 Å². The van der Waals surface area contributed by atoms with Gasteiger partial charge in [-0.2, -0.15) is 0 Å². The van der Waals surface area contributed by atoms with Gasteiger partial charge in [0.05, 0.1) is 88.3 Å². The van der Waals surface area contributed by atoms with Gasteiger partial charge in [-0.25, -0.2) is 28.8 Å². The van der Waals surface area contributed by atoms with E-state index in [1.54, 1.807) is 36.4 Å². The summed E-state index contributed by atoms with van der Waals surface area (Å²) in [7, 11) is 0. The lowest BCUT2D eigenvalue weighted by atomic mass is 9.84. The first-order valence-corrected chi connectivity index (χ1v) is 40.0. The van der Waals surface area contributed by atoms with Crippen LogP contribution in [-0.2, 0) is 28.5 Å². The summed E-state index contributed by atoms with van der Waals surface area (Å²) in [6, 6.07) is 40.5. The first-order valence-electron chi connectivity index (χ1n) is 40.0. The standard InChI is InChI=1S/C92H110O20/c1-5-9-11-13-15-23-57-103-75-41-27-69(28-42-75)31-53-85(93)107-79-49-37-73(38-50-79)89(97)111-83-61-82(110-88(96)72-35-47-78(48-36-72)106-60-26-20-18-22-56-100-64-92(8-4)67-102-68-92)84(62-81(83)109-87(95)71-33-45-77(46-34-71)105-59-25-19-17-21-55-99-63-91(7-3)65-101-66-91)112-90(98)74-39-51-80(52-40-74)108-86(94)54-32-70-29-43-76(44-30-70)104-58-24-16-14-12-10-6-2/h27-54,61-62H,5-26,55-60,63-68H2,1-4H3/b53-31+,54-32+. The molecule has 7 aromatic carbocycles. The Morgan fingerprint density at radius 2 is 0.554 bits per heavy atom. The van der Waals surface area contributed by atoms with Crippen LogP contribution in [0.1, 0.15) is 222 Å². The summed E-state index contributed by atoms with van der Waals surface area (Å²) >= 11 is 0. The molecular weight excluding hydrogens is 1420 g/mol. The number of ether oxygens (including phenoxy) is 14. The van der Waals surface area contributed by atoms with Crippen LogP contribution in [0.5, 0.6) is 57.5 Å². The first kappa shape index (κ1) is 85.9. The summed E-state index contributed by atoms with van der Waals surface area (Å²) in [6.07, 6.45) is 29.2.